The van der Waals surface area contributed by atoms with Crippen LogP contribution < -0.4 is 15.4 Å². The molecule has 100 valence electrons. The van der Waals surface area contributed by atoms with Crippen molar-refractivity contribution in [2.45, 2.75) is 6.42 Å². The first-order chi connectivity index (χ1) is 8.67. The number of thiocarbonyl (C=S) groups is 1. The summed E-state index contributed by atoms with van der Waals surface area (Å²) in [4.78, 5) is 0. The minimum absolute atomic E-state index is 0.529. The van der Waals surface area contributed by atoms with E-state index in [-0.39, 0.29) is 0 Å². The Kier molecular flexibility index (Phi) is 6.78. The quantitative estimate of drug-likeness (QED) is 0.622. The Balaban J connectivity index is 2.48. The number of halogens is 1. The molecule has 0 amide bonds. The summed E-state index contributed by atoms with van der Waals surface area (Å²) in [5.41, 5.74) is 0.722. The number of hydrogen-bond acceptors (Lipinski definition) is 3. The van der Waals surface area contributed by atoms with Crippen LogP contribution in [0.3, 0.4) is 0 Å². The van der Waals surface area contributed by atoms with Crippen LogP contribution in [0.2, 0.25) is 5.02 Å². The van der Waals surface area contributed by atoms with Gasteiger partial charge in [0.2, 0.25) is 0 Å². The van der Waals surface area contributed by atoms with Crippen LogP contribution in [0.1, 0.15) is 6.42 Å². The van der Waals surface area contributed by atoms with Crippen LogP contribution in [-0.4, -0.2) is 32.5 Å². The van der Waals surface area contributed by atoms with Gasteiger partial charge in [0.25, 0.3) is 0 Å². The van der Waals surface area contributed by atoms with E-state index < -0.39 is 0 Å². The molecule has 0 aliphatic heterocycles. The van der Waals surface area contributed by atoms with Gasteiger partial charge < -0.3 is 20.1 Å². The van der Waals surface area contributed by atoms with Crippen LogP contribution in [0.5, 0.6) is 5.75 Å². The molecule has 6 heteroatoms. The van der Waals surface area contributed by atoms with Crippen LogP contribution in [0.25, 0.3) is 0 Å². The van der Waals surface area contributed by atoms with Gasteiger partial charge in [0, 0.05) is 26.3 Å². The molecule has 0 bridgehead atoms. The monoisotopic (exact) mass is 288 g/mol. The molecule has 2 N–H and O–H groups in total. The number of nitrogens with one attached hydrogen (secondary N) is 2. The molecule has 0 fully saturated rings. The standard InChI is InChI=1S/C12H17ClN2O2S/c1-16-7-3-6-14-12(18)15-11-8-9(17-2)4-5-10(11)13/h4-5,8H,3,6-7H2,1-2H3,(H2,14,15,18). The Morgan fingerprint density at radius 1 is 1.39 bits per heavy atom. The fourth-order valence-electron chi connectivity index (χ4n) is 1.31. The Morgan fingerprint density at radius 3 is 2.83 bits per heavy atom. The molecule has 1 rings (SSSR count). The van der Waals surface area contributed by atoms with Gasteiger partial charge in [-0.3, -0.25) is 0 Å². The van der Waals surface area contributed by atoms with Gasteiger partial charge >= 0.3 is 0 Å². The molecule has 0 saturated heterocycles. The zero-order chi connectivity index (χ0) is 13.4. The minimum atomic E-state index is 0.529. The van der Waals surface area contributed by atoms with Gasteiger partial charge in [0.05, 0.1) is 17.8 Å². The second-order valence-corrected chi connectivity index (χ2v) is 4.39. The van der Waals surface area contributed by atoms with Crippen LogP contribution in [0.4, 0.5) is 5.69 Å². The highest BCUT2D eigenvalue weighted by Gasteiger charge is 2.04. The van der Waals surface area contributed by atoms with Gasteiger partial charge in [-0.25, -0.2) is 0 Å². The SMILES string of the molecule is COCCCNC(=S)Nc1cc(OC)ccc1Cl. The van der Waals surface area contributed by atoms with Gasteiger partial charge in [0.15, 0.2) is 5.11 Å². The van der Waals surface area contributed by atoms with Crippen molar-refractivity contribution < 1.29 is 9.47 Å². The van der Waals surface area contributed by atoms with Crippen LogP contribution in [0, 0.1) is 0 Å². The predicted molar refractivity (Wildman–Crippen MR) is 78.7 cm³/mol. The maximum absolute atomic E-state index is 6.06. The van der Waals surface area contributed by atoms with E-state index >= 15 is 0 Å². The first kappa shape index (κ1) is 15.0. The molecule has 4 nitrogen and oxygen atoms in total. The largest absolute Gasteiger partial charge is 0.497 e. The lowest BCUT2D eigenvalue weighted by atomic mass is 10.3. The van der Waals surface area contributed by atoms with Crippen molar-refractivity contribution >= 4 is 34.6 Å². The first-order valence-electron chi connectivity index (χ1n) is 5.54. The maximum Gasteiger partial charge on any atom is 0.170 e. The van der Waals surface area contributed by atoms with Gasteiger partial charge in [-0.2, -0.15) is 0 Å². The number of anilines is 1. The minimum Gasteiger partial charge on any atom is -0.497 e. The lowest BCUT2D eigenvalue weighted by Crippen LogP contribution is -2.29. The van der Waals surface area contributed by atoms with E-state index in [1.165, 1.54) is 0 Å². The van der Waals surface area contributed by atoms with Crippen molar-refractivity contribution in [3.8, 4) is 5.75 Å². The Bertz CT molecular complexity index is 402. The van der Waals surface area contributed by atoms with E-state index in [4.69, 9.17) is 33.3 Å². The average molecular weight is 289 g/mol. The molecule has 0 aromatic heterocycles. The first-order valence-corrected chi connectivity index (χ1v) is 6.33. The van der Waals surface area contributed by atoms with E-state index in [9.17, 15) is 0 Å². The molecule has 0 saturated carbocycles. The third-order valence-electron chi connectivity index (χ3n) is 2.23. The smallest absolute Gasteiger partial charge is 0.170 e. The Hall–Kier alpha value is -1.04. The van der Waals surface area contributed by atoms with Gasteiger partial charge in [-0.15, -0.1) is 0 Å². The second kappa shape index (κ2) is 8.13. The molecule has 0 radical (unpaired) electrons. The highest BCUT2D eigenvalue weighted by molar-refractivity contribution is 7.80. The van der Waals surface area contributed by atoms with Gasteiger partial charge in [-0.1, -0.05) is 11.6 Å². The van der Waals surface area contributed by atoms with E-state index in [0.29, 0.717) is 16.7 Å². The molecular formula is C12H17ClN2O2S. The lowest BCUT2D eigenvalue weighted by Gasteiger charge is -2.12. The van der Waals surface area contributed by atoms with Crippen LogP contribution in [0.15, 0.2) is 18.2 Å². The van der Waals surface area contributed by atoms with Crippen molar-refractivity contribution in [1.29, 1.82) is 0 Å². The zero-order valence-electron chi connectivity index (χ0n) is 10.5. The van der Waals surface area contributed by atoms with E-state index in [2.05, 4.69) is 10.6 Å². The zero-order valence-corrected chi connectivity index (χ0v) is 12.0. The molecule has 0 atom stereocenters. The summed E-state index contributed by atoms with van der Waals surface area (Å²) in [7, 11) is 3.28. The molecule has 0 heterocycles. The summed E-state index contributed by atoms with van der Waals surface area (Å²) < 4.78 is 10.1. The van der Waals surface area contributed by atoms with E-state index in [1.54, 1.807) is 32.4 Å². The van der Waals surface area contributed by atoms with Crippen molar-refractivity contribution in [2.24, 2.45) is 0 Å². The van der Waals surface area contributed by atoms with Crippen molar-refractivity contribution in [1.82, 2.24) is 5.32 Å². The normalized spacial score (nSPS) is 9.94. The third kappa shape index (κ3) is 5.08. The summed E-state index contributed by atoms with van der Waals surface area (Å²) >= 11 is 11.2. The topological polar surface area (TPSA) is 42.5 Å². The maximum atomic E-state index is 6.06. The number of benzene rings is 1. The summed E-state index contributed by atoms with van der Waals surface area (Å²) in [6, 6.07) is 5.35. The van der Waals surface area contributed by atoms with Crippen molar-refractivity contribution in [3.63, 3.8) is 0 Å². The summed E-state index contributed by atoms with van der Waals surface area (Å²) in [5, 5.41) is 7.22. The van der Waals surface area contributed by atoms with E-state index in [0.717, 1.165) is 24.4 Å². The third-order valence-corrected chi connectivity index (χ3v) is 2.81. The van der Waals surface area contributed by atoms with Crippen molar-refractivity contribution in [2.75, 3.05) is 32.7 Å². The molecule has 1 aromatic rings. The van der Waals surface area contributed by atoms with E-state index in [1.807, 2.05) is 0 Å². The number of rotatable bonds is 6. The number of methoxy groups -OCH3 is 2. The van der Waals surface area contributed by atoms with Crippen LogP contribution in [-0.2, 0) is 4.74 Å². The fourth-order valence-corrected chi connectivity index (χ4v) is 1.69. The Morgan fingerprint density at radius 2 is 2.17 bits per heavy atom. The van der Waals surface area contributed by atoms with Crippen molar-refractivity contribution in [3.05, 3.63) is 23.2 Å². The Labute approximate surface area is 118 Å². The number of hydrogen-bond donors (Lipinski definition) is 2. The summed E-state index contributed by atoms with van der Waals surface area (Å²) in [5.74, 6) is 0.726. The fraction of sp³-hybridized carbons (Fsp3) is 0.417. The highest BCUT2D eigenvalue weighted by atomic mass is 35.5. The molecule has 0 aliphatic carbocycles. The summed E-state index contributed by atoms with van der Waals surface area (Å²) in [6.07, 6.45) is 0.893. The van der Waals surface area contributed by atoms with Gasteiger partial charge in [0.1, 0.15) is 5.75 Å². The molecule has 0 unspecified atom stereocenters. The summed E-state index contributed by atoms with van der Waals surface area (Å²) in [6.45, 7) is 1.46. The predicted octanol–water partition coefficient (Wildman–Crippen LogP) is 2.67. The second-order valence-electron chi connectivity index (χ2n) is 3.57. The highest BCUT2D eigenvalue weighted by Crippen LogP contribution is 2.26. The number of ether oxygens (including phenoxy) is 2. The molecule has 18 heavy (non-hydrogen) atoms. The molecular weight excluding hydrogens is 272 g/mol. The van der Waals surface area contributed by atoms with Gasteiger partial charge in [-0.05, 0) is 30.8 Å². The average Bonchev–Trinajstić information content (AvgIpc) is 2.37. The molecule has 0 aliphatic rings. The molecule has 1 aromatic carbocycles. The lowest BCUT2D eigenvalue weighted by molar-refractivity contribution is 0.196. The molecule has 0 spiro atoms. The van der Waals surface area contributed by atoms with Crippen LogP contribution >= 0.6 is 23.8 Å².